The molecule has 9 nitrogen and oxygen atoms in total. The first-order chi connectivity index (χ1) is 23.8. The molecule has 290 valence electrons. The quantitative estimate of drug-likeness (QED) is 0.0279. The number of phosphoric ester groups is 1. The molecule has 1 amide bonds. The molecule has 0 radical (unpaired) electrons. The molecule has 0 aliphatic carbocycles. The van der Waals surface area contributed by atoms with E-state index in [1.807, 2.05) is 0 Å². The highest BCUT2D eigenvalue weighted by molar-refractivity contribution is 7.45. The minimum absolute atomic E-state index is 0.0450. The predicted octanol–water partition coefficient (Wildman–Crippen LogP) is 10.0. The maximum Gasteiger partial charge on any atom is 0.305 e. The molecule has 0 heterocycles. The lowest BCUT2D eigenvalue weighted by molar-refractivity contribution is -0.227. The number of aliphatic hydroxyl groups excluding tert-OH is 1. The number of rotatable bonds is 38. The van der Waals surface area contributed by atoms with Gasteiger partial charge in [-0.2, -0.15) is 0 Å². The second-order valence-electron chi connectivity index (χ2n) is 13.6. The third kappa shape index (κ3) is 37.8. The zero-order valence-corrected chi connectivity index (χ0v) is 32.5. The van der Waals surface area contributed by atoms with E-state index in [2.05, 4.69) is 31.3 Å². The maximum atomic E-state index is 12.0. The third-order valence-electron chi connectivity index (χ3n) is 8.69. The summed E-state index contributed by atoms with van der Waals surface area (Å²) in [5, 5.41) is 12.6. The zero-order chi connectivity index (χ0) is 36.1. The lowest BCUT2D eigenvalue weighted by atomic mass is 10.0. The molecular formula is C39H75NO8P-. The molecule has 0 aromatic rings. The Hall–Kier alpha value is -1.25. The molecule has 1 unspecified atom stereocenters. The number of hydrogen-bond acceptors (Lipinski definition) is 8. The fourth-order valence-electron chi connectivity index (χ4n) is 5.60. The topological polar surface area (TPSA) is 134 Å². The van der Waals surface area contributed by atoms with Crippen molar-refractivity contribution in [2.45, 2.75) is 200 Å². The average Bonchev–Trinajstić information content (AvgIpc) is 3.08. The molecule has 0 fully saturated rings. The van der Waals surface area contributed by atoms with E-state index in [-0.39, 0.29) is 32.1 Å². The Morgan fingerprint density at radius 2 is 1.06 bits per heavy atom. The Morgan fingerprint density at radius 3 is 1.55 bits per heavy atom. The van der Waals surface area contributed by atoms with Crippen molar-refractivity contribution in [3.63, 3.8) is 0 Å². The number of aliphatic hydroxyl groups is 1. The van der Waals surface area contributed by atoms with E-state index in [0.29, 0.717) is 6.42 Å². The second kappa shape index (κ2) is 36.5. The van der Waals surface area contributed by atoms with Gasteiger partial charge in [-0.25, -0.2) is 0 Å². The minimum Gasteiger partial charge on any atom is -0.756 e. The van der Waals surface area contributed by atoms with Crippen LogP contribution in [0, 0.1) is 0 Å². The van der Waals surface area contributed by atoms with Crippen LogP contribution in [0.3, 0.4) is 0 Å². The fraction of sp³-hybridized carbons (Fsp3) is 0.897. The van der Waals surface area contributed by atoms with Gasteiger partial charge in [-0.3, -0.25) is 14.2 Å². The van der Waals surface area contributed by atoms with Crippen LogP contribution in [0.4, 0.5) is 0 Å². The lowest BCUT2D eigenvalue weighted by Crippen LogP contribution is -2.28. The van der Waals surface area contributed by atoms with Gasteiger partial charge in [-0.1, -0.05) is 154 Å². The van der Waals surface area contributed by atoms with Crippen LogP contribution in [0.2, 0.25) is 0 Å². The van der Waals surface area contributed by atoms with Gasteiger partial charge in [-0.15, -0.1) is 0 Å². The van der Waals surface area contributed by atoms with Crippen LogP contribution in [-0.2, 0) is 27.9 Å². The summed E-state index contributed by atoms with van der Waals surface area (Å²) in [5.74, 6) is -0.555. The fourth-order valence-corrected chi connectivity index (χ4v) is 6.35. The van der Waals surface area contributed by atoms with E-state index in [1.165, 1.54) is 109 Å². The Kier molecular flexibility index (Phi) is 35.6. The predicted molar refractivity (Wildman–Crippen MR) is 199 cm³/mol. The number of ether oxygens (including phenoxy) is 1. The van der Waals surface area contributed by atoms with Crippen molar-refractivity contribution in [3.8, 4) is 0 Å². The van der Waals surface area contributed by atoms with Gasteiger partial charge >= 0.3 is 5.97 Å². The van der Waals surface area contributed by atoms with Crippen molar-refractivity contribution >= 4 is 19.7 Å². The molecule has 0 saturated heterocycles. The van der Waals surface area contributed by atoms with Gasteiger partial charge in [0.1, 0.15) is 12.7 Å². The van der Waals surface area contributed by atoms with Gasteiger partial charge in [-0.05, 0) is 38.5 Å². The number of phosphoric acid groups is 1. The molecule has 2 atom stereocenters. The number of hydrogen-bond donors (Lipinski definition) is 2. The number of carbonyl (C=O) groups is 2. The van der Waals surface area contributed by atoms with Crippen LogP contribution in [0.1, 0.15) is 194 Å². The molecule has 2 N–H and O–H groups in total. The van der Waals surface area contributed by atoms with Gasteiger partial charge in [0, 0.05) is 19.4 Å². The Bertz CT molecular complexity index is 825. The molecule has 0 rings (SSSR count). The Balaban J connectivity index is 3.61. The summed E-state index contributed by atoms with van der Waals surface area (Å²) in [5.41, 5.74) is 0. The van der Waals surface area contributed by atoms with E-state index in [1.54, 1.807) is 0 Å². The first-order valence-corrected chi connectivity index (χ1v) is 21.6. The molecule has 0 aromatic heterocycles. The van der Waals surface area contributed by atoms with Gasteiger partial charge < -0.3 is 29.1 Å². The number of nitrogens with one attached hydrogen (secondary N) is 1. The van der Waals surface area contributed by atoms with E-state index < -0.39 is 26.5 Å². The standard InChI is InChI=1S/C39H76NO8P/c1-3-5-7-9-11-13-15-17-18-20-22-24-26-28-30-32-39(43)46-35-37(41)36-48-49(44,45)47-34-33-40-38(42)31-29-27-25-23-21-19-16-14-12-10-8-6-4-2/h17-18,37,41H,3-16,19-36H2,1-2H3,(H,40,42)(H,44,45)/p-1/b18-17-/t37-/m1/s1. The number of esters is 1. The summed E-state index contributed by atoms with van der Waals surface area (Å²) >= 11 is 0. The number of allylic oxidation sites excluding steroid dienone is 2. The van der Waals surface area contributed by atoms with Crippen LogP contribution in [0.5, 0.6) is 0 Å². The van der Waals surface area contributed by atoms with E-state index in [9.17, 15) is 24.2 Å². The van der Waals surface area contributed by atoms with Crippen molar-refractivity contribution in [3.05, 3.63) is 12.2 Å². The molecular weight excluding hydrogens is 641 g/mol. The largest absolute Gasteiger partial charge is 0.756 e. The van der Waals surface area contributed by atoms with E-state index in [0.717, 1.165) is 57.8 Å². The first-order valence-electron chi connectivity index (χ1n) is 20.2. The van der Waals surface area contributed by atoms with Crippen molar-refractivity contribution in [1.82, 2.24) is 5.32 Å². The van der Waals surface area contributed by atoms with Crippen LogP contribution >= 0.6 is 7.82 Å². The molecule has 0 spiro atoms. The van der Waals surface area contributed by atoms with Crippen LogP contribution in [0.15, 0.2) is 12.2 Å². The molecule has 0 saturated carbocycles. The van der Waals surface area contributed by atoms with Gasteiger partial charge in [0.25, 0.3) is 7.82 Å². The number of amides is 1. The summed E-state index contributed by atoms with van der Waals surface area (Å²) in [7, 11) is -4.66. The van der Waals surface area contributed by atoms with E-state index >= 15 is 0 Å². The highest BCUT2D eigenvalue weighted by atomic mass is 31.2. The lowest BCUT2D eigenvalue weighted by Gasteiger charge is -2.24. The van der Waals surface area contributed by atoms with Crippen LogP contribution < -0.4 is 10.2 Å². The SMILES string of the molecule is CCCCCCCC/C=C\CCCCCCCC(=O)OC[C@@H](O)COP(=O)([O-])OCCNC(=O)CCCCCCCCCCCCCCC. The van der Waals surface area contributed by atoms with Crippen molar-refractivity contribution in [2.75, 3.05) is 26.4 Å². The highest BCUT2D eigenvalue weighted by Gasteiger charge is 2.15. The molecule has 0 aliphatic heterocycles. The zero-order valence-electron chi connectivity index (χ0n) is 31.6. The summed E-state index contributed by atoms with van der Waals surface area (Å²) in [6.07, 6.45) is 35.4. The Morgan fingerprint density at radius 1 is 0.633 bits per heavy atom. The van der Waals surface area contributed by atoms with Crippen LogP contribution in [-0.4, -0.2) is 49.5 Å². The van der Waals surface area contributed by atoms with Crippen LogP contribution in [0.25, 0.3) is 0 Å². The number of carbonyl (C=O) groups excluding carboxylic acids is 2. The molecule has 0 aromatic carbocycles. The van der Waals surface area contributed by atoms with Crippen molar-refractivity contribution in [1.29, 1.82) is 0 Å². The van der Waals surface area contributed by atoms with E-state index in [4.69, 9.17) is 13.8 Å². The molecule has 49 heavy (non-hydrogen) atoms. The normalized spacial score (nSPS) is 13.5. The summed E-state index contributed by atoms with van der Waals surface area (Å²) in [4.78, 5) is 35.9. The van der Waals surface area contributed by atoms with Crippen molar-refractivity contribution < 1.29 is 37.9 Å². The Labute approximate surface area is 300 Å². The molecule has 0 aliphatic rings. The summed E-state index contributed by atoms with van der Waals surface area (Å²) in [6, 6.07) is 0. The highest BCUT2D eigenvalue weighted by Crippen LogP contribution is 2.37. The summed E-state index contributed by atoms with van der Waals surface area (Å²) < 4.78 is 26.4. The van der Waals surface area contributed by atoms with Gasteiger partial charge in [0.05, 0.1) is 13.2 Å². The monoisotopic (exact) mass is 717 g/mol. The molecule has 0 bridgehead atoms. The average molecular weight is 717 g/mol. The molecule has 10 heteroatoms. The third-order valence-corrected chi connectivity index (χ3v) is 9.65. The smallest absolute Gasteiger partial charge is 0.305 e. The minimum atomic E-state index is -4.66. The maximum absolute atomic E-state index is 12.0. The first kappa shape index (κ1) is 47.8. The van der Waals surface area contributed by atoms with Gasteiger partial charge in [0.2, 0.25) is 5.91 Å². The number of unbranched alkanes of at least 4 members (excludes halogenated alkanes) is 23. The summed E-state index contributed by atoms with van der Waals surface area (Å²) in [6.45, 7) is 3.35. The second-order valence-corrected chi connectivity index (χ2v) is 15.0. The van der Waals surface area contributed by atoms with Gasteiger partial charge in [0.15, 0.2) is 0 Å². The van der Waals surface area contributed by atoms with Crippen molar-refractivity contribution in [2.24, 2.45) is 0 Å².